The van der Waals surface area contributed by atoms with E-state index in [4.69, 9.17) is 15.2 Å². The third kappa shape index (κ3) is 5.39. The molecule has 3 rings (SSSR count). The van der Waals surface area contributed by atoms with Gasteiger partial charge in [-0.1, -0.05) is 6.07 Å². The molecule has 11 heteroatoms. The fourth-order valence-electron chi connectivity index (χ4n) is 3.27. The van der Waals surface area contributed by atoms with Gasteiger partial charge >= 0.3 is 6.18 Å². The number of amidine groups is 1. The molecule has 0 amide bonds. The van der Waals surface area contributed by atoms with Crippen LogP contribution >= 0.6 is 0 Å². The van der Waals surface area contributed by atoms with Crippen LogP contribution in [0.3, 0.4) is 0 Å². The van der Waals surface area contributed by atoms with Gasteiger partial charge in [0.1, 0.15) is 35.2 Å². The molecule has 2 atom stereocenters. The number of hydrogen-bond acceptors (Lipinski definition) is 6. The lowest BCUT2D eigenvalue weighted by atomic mass is 9.86. The van der Waals surface area contributed by atoms with Crippen LogP contribution in [0.25, 0.3) is 0 Å². The van der Waals surface area contributed by atoms with Crippen molar-refractivity contribution in [3.05, 3.63) is 59.2 Å². The maximum atomic E-state index is 14.8. The van der Waals surface area contributed by atoms with Crippen LogP contribution in [-0.2, 0) is 16.7 Å². The lowest BCUT2D eigenvalue weighted by Gasteiger charge is -2.28. The van der Waals surface area contributed by atoms with E-state index in [1.807, 2.05) is 0 Å². The number of halogens is 5. The molecule has 0 spiro atoms. The maximum Gasteiger partial charge on any atom is 0.422 e. The minimum Gasteiger partial charge on any atom is -0.482 e. The summed E-state index contributed by atoms with van der Waals surface area (Å²) >= 11 is 0. The highest BCUT2D eigenvalue weighted by molar-refractivity contribution is 5.98. The first-order valence-electron chi connectivity index (χ1n) is 9.52. The summed E-state index contributed by atoms with van der Waals surface area (Å²) in [5, 5.41) is 0. The number of hydrogen-bond donors (Lipinski definition) is 1. The fourth-order valence-corrected chi connectivity index (χ4v) is 3.27. The minimum atomic E-state index is -4.59. The summed E-state index contributed by atoms with van der Waals surface area (Å²) in [5.41, 5.74) is 3.88. The van der Waals surface area contributed by atoms with Gasteiger partial charge in [0.15, 0.2) is 18.6 Å². The fraction of sp³-hybridized carbons (Fsp3) is 0.381. The van der Waals surface area contributed by atoms with Crippen molar-refractivity contribution in [3.63, 3.8) is 0 Å². The summed E-state index contributed by atoms with van der Waals surface area (Å²) in [4.78, 5) is 20.6. The largest absolute Gasteiger partial charge is 0.482 e. The molecule has 0 saturated carbocycles. The quantitative estimate of drug-likeness (QED) is 0.530. The van der Waals surface area contributed by atoms with Gasteiger partial charge in [-0.3, -0.25) is 9.79 Å². The summed E-state index contributed by atoms with van der Waals surface area (Å²) in [7, 11) is 0. The zero-order valence-corrected chi connectivity index (χ0v) is 17.0. The second-order valence-electron chi connectivity index (χ2n) is 7.40. The number of nitrogens with zero attached hydrogens (tertiary/aromatic N) is 2. The van der Waals surface area contributed by atoms with Gasteiger partial charge < -0.3 is 15.2 Å². The normalized spacial score (nSPS) is 21.6. The van der Waals surface area contributed by atoms with E-state index < -0.39 is 36.1 Å². The van der Waals surface area contributed by atoms with E-state index in [1.165, 1.54) is 37.4 Å². The monoisotopic (exact) mass is 457 g/mol. The molecule has 2 aromatic rings. The molecule has 1 aromatic heterocycles. The van der Waals surface area contributed by atoms with E-state index in [0.29, 0.717) is 0 Å². The molecule has 0 saturated heterocycles. The van der Waals surface area contributed by atoms with Gasteiger partial charge in [-0.25, -0.2) is 13.8 Å². The van der Waals surface area contributed by atoms with Crippen molar-refractivity contribution in [1.82, 2.24) is 4.98 Å². The molecule has 1 aliphatic rings. The second kappa shape index (κ2) is 9.19. The molecule has 0 bridgehead atoms. The van der Waals surface area contributed by atoms with Gasteiger partial charge in [-0.15, -0.1) is 0 Å². The third-order valence-electron chi connectivity index (χ3n) is 4.87. The molecule has 1 aromatic carbocycles. The Morgan fingerprint density at radius 1 is 1.34 bits per heavy atom. The van der Waals surface area contributed by atoms with E-state index in [-0.39, 0.29) is 48.0 Å². The summed E-state index contributed by atoms with van der Waals surface area (Å²) in [5.74, 6) is -1.74. The lowest BCUT2D eigenvalue weighted by molar-refractivity contribution is -0.153. The number of alkyl halides is 4. The van der Waals surface area contributed by atoms with Crippen LogP contribution in [0.4, 0.5) is 22.0 Å². The summed E-state index contributed by atoms with van der Waals surface area (Å²) < 4.78 is 76.6. The molecular weight excluding hydrogens is 437 g/mol. The second-order valence-corrected chi connectivity index (χ2v) is 7.40. The number of carbonyl (C=O) groups is 1. The van der Waals surface area contributed by atoms with Crippen LogP contribution in [0.15, 0.2) is 41.5 Å². The highest BCUT2D eigenvalue weighted by atomic mass is 19.4. The SMILES string of the molecule is C[C@]1(c2cc(CC(=O)c3ncccc3OCC(F)(F)F)ccc2F)N=C(N)COC[C@@H]1F. The molecule has 0 aliphatic carbocycles. The molecule has 6 nitrogen and oxygen atoms in total. The first-order valence-corrected chi connectivity index (χ1v) is 9.52. The predicted molar refractivity (Wildman–Crippen MR) is 105 cm³/mol. The molecule has 0 unspecified atom stereocenters. The summed E-state index contributed by atoms with van der Waals surface area (Å²) in [6.07, 6.45) is -5.40. The van der Waals surface area contributed by atoms with E-state index in [9.17, 15) is 26.7 Å². The Labute approximate surface area is 180 Å². The lowest BCUT2D eigenvalue weighted by Crippen LogP contribution is -2.36. The average Bonchev–Trinajstić information content (AvgIpc) is 2.85. The van der Waals surface area contributed by atoms with Crippen LogP contribution in [0, 0.1) is 5.82 Å². The number of aliphatic imine (C=N–C) groups is 1. The van der Waals surface area contributed by atoms with Crippen LogP contribution < -0.4 is 10.5 Å². The zero-order valence-electron chi connectivity index (χ0n) is 17.0. The smallest absolute Gasteiger partial charge is 0.422 e. The van der Waals surface area contributed by atoms with Gasteiger partial charge in [-0.2, -0.15) is 13.2 Å². The molecule has 1 aliphatic heterocycles. The molecule has 2 N–H and O–H groups in total. The van der Waals surface area contributed by atoms with Crippen molar-refractivity contribution in [2.45, 2.75) is 31.2 Å². The van der Waals surface area contributed by atoms with Crippen molar-refractivity contribution in [2.24, 2.45) is 10.7 Å². The summed E-state index contributed by atoms with van der Waals surface area (Å²) in [6.45, 7) is -0.671. The van der Waals surface area contributed by atoms with Crippen molar-refractivity contribution in [2.75, 3.05) is 19.8 Å². The topological polar surface area (TPSA) is 86.8 Å². The number of carbonyl (C=O) groups excluding carboxylic acids is 1. The third-order valence-corrected chi connectivity index (χ3v) is 4.87. The van der Waals surface area contributed by atoms with Crippen molar-refractivity contribution in [1.29, 1.82) is 0 Å². The number of ether oxygens (including phenoxy) is 2. The van der Waals surface area contributed by atoms with Gasteiger partial charge in [0.2, 0.25) is 0 Å². The highest BCUT2D eigenvalue weighted by Crippen LogP contribution is 2.35. The maximum absolute atomic E-state index is 14.8. The average molecular weight is 457 g/mol. The Hall–Kier alpha value is -3.08. The number of Topliss-reactive ketones (excluding diaryl/α,β-unsaturated/α-hetero) is 1. The van der Waals surface area contributed by atoms with E-state index >= 15 is 0 Å². The van der Waals surface area contributed by atoms with Gasteiger partial charge in [0.25, 0.3) is 0 Å². The van der Waals surface area contributed by atoms with Crippen LogP contribution in [0.1, 0.15) is 28.5 Å². The first-order chi connectivity index (χ1) is 15.0. The number of pyridine rings is 1. The molecule has 0 radical (unpaired) electrons. The number of ketones is 1. The Balaban J connectivity index is 1.89. The van der Waals surface area contributed by atoms with Crippen molar-refractivity contribution >= 4 is 11.6 Å². The number of nitrogens with two attached hydrogens (primary N) is 1. The predicted octanol–water partition coefficient (Wildman–Crippen LogP) is 3.53. The van der Waals surface area contributed by atoms with Gasteiger partial charge in [0.05, 0.1) is 6.61 Å². The van der Waals surface area contributed by atoms with Gasteiger partial charge in [0, 0.05) is 18.2 Å². The molecule has 2 heterocycles. The minimum absolute atomic E-state index is 0.00605. The van der Waals surface area contributed by atoms with E-state index in [0.717, 1.165) is 6.07 Å². The number of benzene rings is 1. The van der Waals surface area contributed by atoms with E-state index in [2.05, 4.69) is 9.98 Å². The molecular formula is C21H20F5N3O3. The zero-order chi connectivity index (χ0) is 23.5. The Bertz CT molecular complexity index is 1030. The summed E-state index contributed by atoms with van der Waals surface area (Å²) in [6, 6.07) is 6.18. The van der Waals surface area contributed by atoms with Gasteiger partial charge in [-0.05, 0) is 36.8 Å². The molecule has 0 fully saturated rings. The highest BCUT2D eigenvalue weighted by Gasteiger charge is 2.40. The van der Waals surface area contributed by atoms with Crippen molar-refractivity contribution < 1.29 is 36.2 Å². The van der Waals surface area contributed by atoms with Crippen LogP contribution in [-0.4, -0.2) is 48.8 Å². The standard InChI is InChI=1S/C21H20F5N3O3/c1-20(17(23)9-31-10-18(27)29-20)13-7-12(4-5-14(13)22)8-15(30)19-16(3-2-6-28-19)32-11-21(24,25)26/h2-7,17H,8-11H2,1H3,(H2,27,29)/t17-,20+/m0/s1. The van der Waals surface area contributed by atoms with Crippen LogP contribution in [0.2, 0.25) is 0 Å². The van der Waals surface area contributed by atoms with Crippen molar-refractivity contribution in [3.8, 4) is 5.75 Å². The Morgan fingerprint density at radius 3 is 2.81 bits per heavy atom. The Morgan fingerprint density at radius 2 is 2.09 bits per heavy atom. The number of aromatic nitrogens is 1. The van der Waals surface area contributed by atoms with E-state index in [1.54, 1.807) is 0 Å². The first kappa shape index (κ1) is 23.6. The Kier molecular flexibility index (Phi) is 6.77. The number of rotatable bonds is 6. The molecule has 32 heavy (non-hydrogen) atoms. The molecule has 172 valence electrons. The van der Waals surface area contributed by atoms with Crippen LogP contribution in [0.5, 0.6) is 5.75 Å².